The van der Waals surface area contributed by atoms with Crippen LogP contribution >= 0.6 is 0 Å². The fourth-order valence-corrected chi connectivity index (χ4v) is 1.21. The van der Waals surface area contributed by atoms with E-state index in [1.165, 1.54) is 7.11 Å². The van der Waals surface area contributed by atoms with Gasteiger partial charge in [-0.2, -0.15) is 0 Å². The van der Waals surface area contributed by atoms with Crippen molar-refractivity contribution < 1.29 is 14.6 Å². The van der Waals surface area contributed by atoms with Crippen LogP contribution in [0.2, 0.25) is 0 Å². The molecule has 4 nitrogen and oxygen atoms in total. The zero-order valence-corrected chi connectivity index (χ0v) is 9.38. The van der Waals surface area contributed by atoms with Crippen molar-refractivity contribution in [2.75, 3.05) is 7.11 Å². The maximum Gasteiger partial charge on any atom is 0.330 e. The molecule has 1 aromatic rings. The minimum absolute atomic E-state index is 0.206. The molecule has 0 fully saturated rings. The molecule has 0 aliphatic heterocycles. The Morgan fingerprint density at radius 2 is 2.12 bits per heavy atom. The maximum atomic E-state index is 11.2. The highest BCUT2D eigenvalue weighted by Gasteiger charge is 2.13. The van der Waals surface area contributed by atoms with Crippen molar-refractivity contribution in [1.29, 1.82) is 0 Å². The van der Waals surface area contributed by atoms with Gasteiger partial charge in [0.2, 0.25) is 0 Å². The summed E-state index contributed by atoms with van der Waals surface area (Å²) in [5.74, 6) is -0.130. The number of hydrogen-bond donors (Lipinski definition) is 1. The van der Waals surface area contributed by atoms with E-state index in [-0.39, 0.29) is 11.7 Å². The molecule has 0 aromatic heterocycles. The Labute approximate surface area is 94.6 Å². The van der Waals surface area contributed by atoms with E-state index in [2.05, 4.69) is 9.73 Å². The van der Waals surface area contributed by atoms with Gasteiger partial charge in [0.15, 0.2) is 0 Å². The molecule has 1 atom stereocenters. The summed E-state index contributed by atoms with van der Waals surface area (Å²) in [6, 6.07) is 6.13. The first-order valence-electron chi connectivity index (χ1n) is 5.07. The van der Waals surface area contributed by atoms with Gasteiger partial charge in [0.05, 0.1) is 7.11 Å². The van der Waals surface area contributed by atoms with Crippen molar-refractivity contribution in [3.63, 3.8) is 0 Å². The zero-order valence-electron chi connectivity index (χ0n) is 9.38. The lowest BCUT2D eigenvalue weighted by Gasteiger charge is -2.06. The van der Waals surface area contributed by atoms with Gasteiger partial charge in [-0.05, 0) is 36.2 Å². The minimum atomic E-state index is -0.459. The first-order chi connectivity index (χ1) is 7.67. The lowest BCUT2D eigenvalue weighted by molar-refractivity contribution is -0.142. The summed E-state index contributed by atoms with van der Waals surface area (Å²) >= 11 is 0. The highest BCUT2D eigenvalue weighted by atomic mass is 16.5. The van der Waals surface area contributed by atoms with Gasteiger partial charge in [0.1, 0.15) is 11.8 Å². The number of aromatic hydroxyl groups is 1. The van der Waals surface area contributed by atoms with Crippen LogP contribution in [0.15, 0.2) is 29.3 Å². The van der Waals surface area contributed by atoms with Crippen LogP contribution in [0.3, 0.4) is 0 Å². The number of hydrogen-bond acceptors (Lipinski definition) is 4. The van der Waals surface area contributed by atoms with Crippen LogP contribution in [0.1, 0.15) is 18.9 Å². The lowest BCUT2D eigenvalue weighted by Crippen LogP contribution is -2.19. The average molecular weight is 221 g/mol. The monoisotopic (exact) mass is 221 g/mol. The number of ether oxygens (including phenoxy) is 1. The predicted octanol–water partition coefficient (Wildman–Crippen LogP) is 1.76. The summed E-state index contributed by atoms with van der Waals surface area (Å²) in [5.41, 5.74) is 0.833. The molecule has 0 heterocycles. The number of benzene rings is 1. The van der Waals surface area contributed by atoms with Gasteiger partial charge in [-0.25, -0.2) is 4.79 Å². The molecule has 0 aliphatic rings. The van der Waals surface area contributed by atoms with E-state index >= 15 is 0 Å². The van der Waals surface area contributed by atoms with Crippen molar-refractivity contribution in [1.82, 2.24) is 0 Å². The number of phenols is 1. The molecular weight excluding hydrogens is 206 g/mol. The number of aliphatic imine (C=N–C) groups is 1. The lowest BCUT2D eigenvalue weighted by atomic mass is 10.2. The van der Waals surface area contributed by atoms with Gasteiger partial charge in [-0.1, -0.05) is 6.92 Å². The molecular formula is C12H15NO3. The molecule has 0 saturated heterocycles. The number of esters is 1. The summed E-state index contributed by atoms with van der Waals surface area (Å²) in [6.07, 6.45) is 2.20. The van der Waals surface area contributed by atoms with Crippen molar-refractivity contribution in [2.24, 2.45) is 4.99 Å². The van der Waals surface area contributed by atoms with Crippen molar-refractivity contribution in [2.45, 2.75) is 19.4 Å². The van der Waals surface area contributed by atoms with Crippen molar-refractivity contribution in [3.8, 4) is 5.75 Å². The van der Waals surface area contributed by atoms with Crippen LogP contribution in [0.4, 0.5) is 0 Å². The second-order valence-corrected chi connectivity index (χ2v) is 3.32. The Balaban J connectivity index is 2.71. The van der Waals surface area contributed by atoms with E-state index in [0.29, 0.717) is 6.42 Å². The van der Waals surface area contributed by atoms with E-state index in [9.17, 15) is 4.79 Å². The molecule has 0 bridgehead atoms. The van der Waals surface area contributed by atoms with Crippen LogP contribution in [0.5, 0.6) is 5.75 Å². The molecule has 0 unspecified atom stereocenters. The molecule has 86 valence electrons. The van der Waals surface area contributed by atoms with Gasteiger partial charge in [0.25, 0.3) is 0 Å². The molecule has 1 aromatic carbocycles. The molecule has 0 saturated carbocycles. The topological polar surface area (TPSA) is 58.9 Å². The minimum Gasteiger partial charge on any atom is -0.508 e. The fourth-order valence-electron chi connectivity index (χ4n) is 1.21. The summed E-state index contributed by atoms with van der Waals surface area (Å²) < 4.78 is 4.62. The SMILES string of the molecule is CC[C@H](N=Cc1ccc(O)cc1)C(=O)OC. The molecule has 16 heavy (non-hydrogen) atoms. The number of nitrogens with zero attached hydrogens (tertiary/aromatic N) is 1. The van der Waals surface area contributed by atoms with Crippen LogP contribution in [-0.2, 0) is 9.53 Å². The molecule has 0 aliphatic carbocycles. The second-order valence-electron chi connectivity index (χ2n) is 3.32. The number of carbonyl (C=O) groups excluding carboxylic acids is 1. The quantitative estimate of drug-likeness (QED) is 0.622. The summed E-state index contributed by atoms with van der Waals surface area (Å²) in [6.45, 7) is 1.87. The Hall–Kier alpha value is -1.84. The maximum absolute atomic E-state index is 11.2. The Bertz CT molecular complexity index is 370. The second kappa shape index (κ2) is 5.90. The van der Waals surface area contributed by atoms with Gasteiger partial charge >= 0.3 is 5.97 Å². The first-order valence-corrected chi connectivity index (χ1v) is 5.07. The molecule has 0 spiro atoms. The van der Waals surface area contributed by atoms with Crippen molar-refractivity contribution >= 4 is 12.2 Å². The smallest absolute Gasteiger partial charge is 0.330 e. The Morgan fingerprint density at radius 3 is 2.62 bits per heavy atom. The van der Waals surface area contributed by atoms with Gasteiger partial charge in [0, 0.05) is 6.21 Å². The first kappa shape index (κ1) is 12.2. The van der Waals surface area contributed by atoms with E-state index in [1.807, 2.05) is 6.92 Å². The normalized spacial score (nSPS) is 12.6. The zero-order chi connectivity index (χ0) is 12.0. The van der Waals surface area contributed by atoms with Crippen LogP contribution < -0.4 is 0 Å². The van der Waals surface area contributed by atoms with Crippen LogP contribution in [0.25, 0.3) is 0 Å². The van der Waals surface area contributed by atoms with E-state index in [4.69, 9.17) is 5.11 Å². The third-order valence-corrected chi connectivity index (χ3v) is 2.16. The standard InChI is InChI=1S/C12H15NO3/c1-3-11(12(15)16-2)13-8-9-4-6-10(14)7-5-9/h4-8,11,14H,3H2,1-2H3/t11-/m0/s1. The largest absolute Gasteiger partial charge is 0.508 e. The van der Waals surface area contributed by atoms with Crippen LogP contribution in [0, 0.1) is 0 Å². The molecule has 0 amide bonds. The van der Waals surface area contributed by atoms with Crippen molar-refractivity contribution in [3.05, 3.63) is 29.8 Å². The number of rotatable bonds is 4. The fraction of sp³-hybridized carbons (Fsp3) is 0.333. The molecule has 1 rings (SSSR count). The van der Waals surface area contributed by atoms with E-state index in [0.717, 1.165) is 5.56 Å². The molecule has 1 N–H and O–H groups in total. The van der Waals surface area contributed by atoms with Gasteiger partial charge < -0.3 is 9.84 Å². The predicted molar refractivity (Wildman–Crippen MR) is 61.8 cm³/mol. The van der Waals surface area contributed by atoms with E-state index in [1.54, 1.807) is 30.5 Å². The summed E-state index contributed by atoms with van der Waals surface area (Å²) in [7, 11) is 1.35. The third kappa shape index (κ3) is 3.38. The highest BCUT2D eigenvalue weighted by Crippen LogP contribution is 2.08. The summed E-state index contributed by atoms with van der Waals surface area (Å²) in [5, 5.41) is 9.09. The summed E-state index contributed by atoms with van der Waals surface area (Å²) in [4.78, 5) is 15.4. The highest BCUT2D eigenvalue weighted by molar-refractivity contribution is 5.84. The molecule has 0 radical (unpaired) electrons. The Morgan fingerprint density at radius 1 is 1.50 bits per heavy atom. The van der Waals surface area contributed by atoms with E-state index < -0.39 is 6.04 Å². The average Bonchev–Trinajstić information content (AvgIpc) is 2.31. The number of methoxy groups -OCH3 is 1. The third-order valence-electron chi connectivity index (χ3n) is 2.16. The number of carbonyl (C=O) groups is 1. The number of phenolic OH excluding ortho intramolecular Hbond substituents is 1. The van der Waals surface area contributed by atoms with Gasteiger partial charge in [-0.3, -0.25) is 4.99 Å². The molecule has 4 heteroatoms. The Kier molecular flexibility index (Phi) is 4.51. The van der Waals surface area contributed by atoms with Crippen LogP contribution in [-0.4, -0.2) is 30.4 Å². The van der Waals surface area contributed by atoms with Gasteiger partial charge in [-0.15, -0.1) is 0 Å².